The molecule has 17 heavy (non-hydrogen) atoms. The molecule has 0 aliphatic rings. The zero-order valence-electron chi connectivity index (χ0n) is 10.4. The number of unbranched alkanes of at least 4 members (excludes halogenated alkanes) is 1. The van der Waals surface area contributed by atoms with Crippen LogP contribution < -0.4 is 5.32 Å². The maximum Gasteiger partial charge on any atom is 0.168 e. The van der Waals surface area contributed by atoms with E-state index in [2.05, 4.69) is 12.2 Å². The monoisotopic (exact) mass is 254 g/mol. The van der Waals surface area contributed by atoms with Gasteiger partial charge in [-0.15, -0.1) is 0 Å². The highest BCUT2D eigenvalue weighted by molar-refractivity contribution is 7.80. The lowest BCUT2D eigenvalue weighted by Crippen LogP contribution is -2.37. The Kier molecular flexibility index (Phi) is 5.91. The van der Waals surface area contributed by atoms with E-state index in [1.807, 2.05) is 18.0 Å². The second-order valence-electron chi connectivity index (χ2n) is 4.03. The van der Waals surface area contributed by atoms with Crippen molar-refractivity contribution in [3.8, 4) is 0 Å². The van der Waals surface area contributed by atoms with E-state index in [9.17, 15) is 4.39 Å². The molecule has 0 heterocycles. The van der Waals surface area contributed by atoms with Crippen molar-refractivity contribution in [1.29, 1.82) is 0 Å². The van der Waals surface area contributed by atoms with E-state index in [1.54, 1.807) is 12.1 Å². The first-order chi connectivity index (χ1) is 8.15. The molecule has 0 aliphatic carbocycles. The maximum atomic E-state index is 13.4. The first-order valence-corrected chi connectivity index (χ1v) is 6.28. The minimum absolute atomic E-state index is 0.185. The van der Waals surface area contributed by atoms with Crippen molar-refractivity contribution in [1.82, 2.24) is 10.2 Å². The number of hydrogen-bond acceptors (Lipinski definition) is 1. The fourth-order valence-electron chi connectivity index (χ4n) is 1.46. The van der Waals surface area contributed by atoms with Crippen molar-refractivity contribution >= 4 is 17.3 Å². The van der Waals surface area contributed by atoms with E-state index < -0.39 is 0 Å². The standard InChI is InChI=1S/C13H19FN2S/c1-3-4-9-15-13(17)16(2)10-11-7-5-6-8-12(11)14/h5-8H,3-4,9-10H2,1-2H3,(H,15,17). The van der Waals surface area contributed by atoms with Crippen molar-refractivity contribution < 1.29 is 4.39 Å². The SMILES string of the molecule is CCCCNC(=S)N(C)Cc1ccccc1F. The van der Waals surface area contributed by atoms with Crippen LogP contribution in [0.5, 0.6) is 0 Å². The fourth-order valence-corrected chi connectivity index (χ4v) is 1.63. The van der Waals surface area contributed by atoms with Gasteiger partial charge in [-0.05, 0) is 24.7 Å². The van der Waals surface area contributed by atoms with Crippen LogP contribution in [0.2, 0.25) is 0 Å². The van der Waals surface area contributed by atoms with Gasteiger partial charge in [-0.25, -0.2) is 4.39 Å². The molecule has 0 fully saturated rings. The van der Waals surface area contributed by atoms with Gasteiger partial charge >= 0.3 is 0 Å². The Morgan fingerprint density at radius 2 is 2.12 bits per heavy atom. The molecule has 1 aromatic carbocycles. The van der Waals surface area contributed by atoms with Crippen molar-refractivity contribution in [2.24, 2.45) is 0 Å². The molecule has 1 N–H and O–H groups in total. The zero-order valence-corrected chi connectivity index (χ0v) is 11.2. The number of nitrogens with one attached hydrogen (secondary N) is 1. The number of rotatable bonds is 5. The van der Waals surface area contributed by atoms with E-state index in [-0.39, 0.29) is 5.82 Å². The number of nitrogens with zero attached hydrogens (tertiary/aromatic N) is 1. The van der Waals surface area contributed by atoms with Crippen molar-refractivity contribution in [3.63, 3.8) is 0 Å². The van der Waals surface area contributed by atoms with Gasteiger partial charge in [0, 0.05) is 25.7 Å². The molecule has 0 spiro atoms. The van der Waals surface area contributed by atoms with Crippen LogP contribution in [0, 0.1) is 5.82 Å². The third-order valence-corrected chi connectivity index (χ3v) is 2.97. The first-order valence-electron chi connectivity index (χ1n) is 5.87. The molecule has 0 saturated carbocycles. The van der Waals surface area contributed by atoms with Gasteiger partial charge in [-0.2, -0.15) is 0 Å². The Morgan fingerprint density at radius 1 is 1.41 bits per heavy atom. The van der Waals surface area contributed by atoms with E-state index >= 15 is 0 Å². The molecule has 1 aromatic rings. The molecule has 0 bridgehead atoms. The van der Waals surface area contributed by atoms with Gasteiger partial charge in [0.1, 0.15) is 5.82 Å². The smallest absolute Gasteiger partial charge is 0.168 e. The van der Waals surface area contributed by atoms with Crippen LogP contribution in [0.1, 0.15) is 25.3 Å². The van der Waals surface area contributed by atoms with Crippen LogP contribution in [0.25, 0.3) is 0 Å². The minimum Gasteiger partial charge on any atom is -0.363 e. The highest BCUT2D eigenvalue weighted by atomic mass is 32.1. The van der Waals surface area contributed by atoms with E-state index in [1.165, 1.54) is 6.07 Å². The quantitative estimate of drug-likeness (QED) is 0.642. The van der Waals surface area contributed by atoms with Crippen molar-refractivity contribution in [2.75, 3.05) is 13.6 Å². The highest BCUT2D eigenvalue weighted by Crippen LogP contribution is 2.08. The number of thiocarbonyl (C=S) groups is 1. The summed E-state index contributed by atoms with van der Waals surface area (Å²) >= 11 is 5.22. The number of hydrogen-bond donors (Lipinski definition) is 1. The summed E-state index contributed by atoms with van der Waals surface area (Å²) in [4.78, 5) is 1.85. The second-order valence-corrected chi connectivity index (χ2v) is 4.42. The Morgan fingerprint density at radius 3 is 2.76 bits per heavy atom. The van der Waals surface area contributed by atoms with Crippen LogP contribution in [-0.2, 0) is 6.54 Å². The molecule has 94 valence electrons. The normalized spacial score (nSPS) is 10.1. The third kappa shape index (κ3) is 4.69. The fraction of sp³-hybridized carbons (Fsp3) is 0.462. The molecule has 0 aliphatic heterocycles. The lowest BCUT2D eigenvalue weighted by molar-refractivity contribution is 0.470. The summed E-state index contributed by atoms with van der Waals surface area (Å²) in [5.74, 6) is -0.185. The van der Waals surface area contributed by atoms with Crippen LogP contribution in [-0.4, -0.2) is 23.6 Å². The van der Waals surface area contributed by atoms with E-state index in [0.717, 1.165) is 19.4 Å². The predicted molar refractivity (Wildman–Crippen MR) is 73.4 cm³/mol. The van der Waals surface area contributed by atoms with Crippen LogP contribution in [0.3, 0.4) is 0 Å². The molecular weight excluding hydrogens is 235 g/mol. The minimum atomic E-state index is -0.185. The summed E-state index contributed by atoms with van der Waals surface area (Å²) in [6.07, 6.45) is 2.22. The summed E-state index contributed by atoms with van der Waals surface area (Å²) in [5, 5.41) is 3.83. The Bertz CT molecular complexity index is 368. The van der Waals surface area contributed by atoms with Gasteiger partial charge in [-0.3, -0.25) is 0 Å². The Labute approximate surface area is 108 Å². The number of halogens is 1. The van der Waals surface area contributed by atoms with Gasteiger partial charge in [0.25, 0.3) is 0 Å². The summed E-state index contributed by atoms with van der Waals surface area (Å²) in [6.45, 7) is 3.50. The molecule has 2 nitrogen and oxygen atoms in total. The van der Waals surface area contributed by atoms with E-state index in [0.29, 0.717) is 17.2 Å². The van der Waals surface area contributed by atoms with Gasteiger partial charge in [0.15, 0.2) is 5.11 Å². The summed E-state index contributed by atoms with van der Waals surface area (Å²) < 4.78 is 13.4. The molecule has 0 radical (unpaired) electrons. The summed E-state index contributed by atoms with van der Waals surface area (Å²) in [6, 6.07) is 6.77. The Balaban J connectivity index is 2.46. The lowest BCUT2D eigenvalue weighted by Gasteiger charge is -2.21. The molecule has 0 atom stereocenters. The third-order valence-electron chi connectivity index (χ3n) is 2.52. The first kappa shape index (κ1) is 13.9. The molecule has 0 unspecified atom stereocenters. The topological polar surface area (TPSA) is 15.3 Å². The number of benzene rings is 1. The van der Waals surface area contributed by atoms with Gasteiger partial charge in [-0.1, -0.05) is 31.5 Å². The predicted octanol–water partition coefficient (Wildman–Crippen LogP) is 2.93. The molecule has 1 rings (SSSR count). The van der Waals surface area contributed by atoms with Crippen LogP contribution >= 0.6 is 12.2 Å². The molecule has 0 amide bonds. The van der Waals surface area contributed by atoms with Gasteiger partial charge in [0.05, 0.1) is 0 Å². The van der Waals surface area contributed by atoms with Gasteiger partial charge in [0.2, 0.25) is 0 Å². The average Bonchev–Trinajstić information content (AvgIpc) is 2.32. The summed E-state index contributed by atoms with van der Waals surface area (Å²) in [5.41, 5.74) is 0.662. The Hall–Kier alpha value is -1.16. The second kappa shape index (κ2) is 7.22. The van der Waals surface area contributed by atoms with Crippen LogP contribution in [0.15, 0.2) is 24.3 Å². The molecule has 0 aromatic heterocycles. The van der Waals surface area contributed by atoms with Crippen molar-refractivity contribution in [3.05, 3.63) is 35.6 Å². The highest BCUT2D eigenvalue weighted by Gasteiger charge is 2.07. The zero-order chi connectivity index (χ0) is 12.7. The molecule has 4 heteroatoms. The van der Waals surface area contributed by atoms with E-state index in [4.69, 9.17) is 12.2 Å². The van der Waals surface area contributed by atoms with Crippen molar-refractivity contribution in [2.45, 2.75) is 26.3 Å². The van der Waals surface area contributed by atoms with Gasteiger partial charge < -0.3 is 10.2 Å². The summed E-state index contributed by atoms with van der Waals surface area (Å²) in [7, 11) is 1.87. The van der Waals surface area contributed by atoms with Crippen LogP contribution in [0.4, 0.5) is 4.39 Å². The average molecular weight is 254 g/mol. The maximum absolute atomic E-state index is 13.4. The molecule has 0 saturated heterocycles. The lowest BCUT2D eigenvalue weighted by atomic mass is 10.2. The molecular formula is C13H19FN2S. The largest absolute Gasteiger partial charge is 0.363 e.